The summed E-state index contributed by atoms with van der Waals surface area (Å²) in [6, 6.07) is 1.13. The van der Waals surface area contributed by atoms with Crippen molar-refractivity contribution < 1.29 is 14.3 Å². The van der Waals surface area contributed by atoms with E-state index in [0.717, 1.165) is 32.0 Å². The highest BCUT2D eigenvalue weighted by atomic mass is 32.2. The summed E-state index contributed by atoms with van der Waals surface area (Å²) in [5, 5.41) is 3.07. The fraction of sp³-hybridized carbons (Fsp3) is 0.857. The molecule has 0 aromatic carbocycles. The van der Waals surface area contributed by atoms with Crippen LogP contribution in [0.1, 0.15) is 32.6 Å². The Bertz CT molecular complexity index is 339. The van der Waals surface area contributed by atoms with Crippen molar-refractivity contribution in [2.24, 2.45) is 0 Å². The number of carbonyl (C=O) groups excluding carboxylic acids is 2. The number of piperidine rings is 1. The van der Waals surface area contributed by atoms with Gasteiger partial charge in [0.25, 0.3) is 0 Å². The van der Waals surface area contributed by atoms with Crippen LogP contribution < -0.4 is 5.32 Å². The van der Waals surface area contributed by atoms with Crippen molar-refractivity contribution in [2.75, 3.05) is 31.2 Å². The van der Waals surface area contributed by atoms with Crippen LogP contribution in [0, 0.1) is 0 Å². The summed E-state index contributed by atoms with van der Waals surface area (Å²) in [7, 11) is 0. The average molecular weight is 300 g/mol. The second kappa shape index (κ2) is 7.88. The lowest BCUT2D eigenvalue weighted by Crippen LogP contribution is -2.45. The molecule has 0 atom stereocenters. The molecule has 2 fully saturated rings. The molecule has 0 unspecified atom stereocenters. The van der Waals surface area contributed by atoms with Gasteiger partial charge in [0.05, 0.1) is 18.1 Å². The van der Waals surface area contributed by atoms with Crippen molar-refractivity contribution in [2.45, 2.75) is 44.7 Å². The van der Waals surface area contributed by atoms with Crippen LogP contribution in [-0.4, -0.2) is 60.1 Å². The van der Waals surface area contributed by atoms with Crippen molar-refractivity contribution >= 4 is 23.6 Å². The van der Waals surface area contributed by atoms with Gasteiger partial charge >= 0.3 is 5.97 Å². The molecule has 1 heterocycles. The number of hydrogen-bond acceptors (Lipinski definition) is 5. The number of hydrogen-bond donors (Lipinski definition) is 1. The number of likely N-dealkylation sites (tertiary alicyclic amines) is 1. The Kier molecular flexibility index (Phi) is 6.16. The lowest BCUT2D eigenvalue weighted by atomic mass is 10.1. The summed E-state index contributed by atoms with van der Waals surface area (Å²) >= 11 is 1.32. The van der Waals surface area contributed by atoms with E-state index < -0.39 is 0 Å². The van der Waals surface area contributed by atoms with Crippen LogP contribution >= 0.6 is 11.8 Å². The van der Waals surface area contributed by atoms with Crippen LogP contribution in [0.25, 0.3) is 0 Å². The SMILES string of the molecule is CCOC(=O)CSCC(=O)NC1CCN(C2CC2)CC1. The Labute approximate surface area is 124 Å². The number of nitrogens with one attached hydrogen (secondary N) is 1. The van der Waals surface area contributed by atoms with Crippen LogP contribution in [0.15, 0.2) is 0 Å². The van der Waals surface area contributed by atoms with E-state index in [1.54, 1.807) is 6.92 Å². The molecule has 1 saturated carbocycles. The highest BCUT2D eigenvalue weighted by Gasteiger charge is 2.31. The zero-order valence-electron chi connectivity index (χ0n) is 12.1. The van der Waals surface area contributed by atoms with Crippen molar-refractivity contribution in [3.8, 4) is 0 Å². The molecule has 20 heavy (non-hydrogen) atoms. The van der Waals surface area contributed by atoms with Gasteiger partial charge in [-0.05, 0) is 32.6 Å². The van der Waals surface area contributed by atoms with E-state index in [4.69, 9.17) is 4.74 Å². The van der Waals surface area contributed by atoms with Gasteiger partial charge in [0.2, 0.25) is 5.91 Å². The molecule has 0 aromatic rings. The molecule has 6 heteroatoms. The summed E-state index contributed by atoms with van der Waals surface area (Å²) in [6.45, 7) is 4.38. The number of esters is 1. The summed E-state index contributed by atoms with van der Waals surface area (Å²) in [6.07, 6.45) is 4.79. The number of carbonyl (C=O) groups is 2. The first-order valence-corrected chi connectivity index (χ1v) is 8.61. The third-order valence-electron chi connectivity index (χ3n) is 3.72. The van der Waals surface area contributed by atoms with Crippen LogP contribution in [0.3, 0.4) is 0 Å². The third-order valence-corrected chi connectivity index (χ3v) is 4.62. The Hall–Kier alpha value is -0.750. The average Bonchev–Trinajstić information content (AvgIpc) is 3.24. The molecular formula is C14H24N2O3S. The molecule has 0 radical (unpaired) electrons. The van der Waals surface area contributed by atoms with E-state index >= 15 is 0 Å². The first-order chi connectivity index (χ1) is 9.69. The summed E-state index contributed by atoms with van der Waals surface area (Å²) < 4.78 is 4.82. The molecule has 1 saturated heterocycles. The van der Waals surface area contributed by atoms with Gasteiger partial charge in [-0.2, -0.15) is 0 Å². The Morgan fingerprint density at radius 3 is 2.50 bits per heavy atom. The fourth-order valence-electron chi connectivity index (χ4n) is 2.55. The standard InChI is InChI=1S/C14H24N2O3S/c1-2-19-14(18)10-20-9-13(17)15-11-5-7-16(8-6-11)12-3-4-12/h11-12H,2-10H2,1H3,(H,15,17). The molecule has 0 spiro atoms. The topological polar surface area (TPSA) is 58.6 Å². The van der Waals surface area contributed by atoms with Crippen molar-refractivity contribution in [3.63, 3.8) is 0 Å². The van der Waals surface area contributed by atoms with E-state index in [2.05, 4.69) is 10.2 Å². The number of nitrogens with zero attached hydrogens (tertiary/aromatic N) is 1. The van der Waals surface area contributed by atoms with E-state index in [1.807, 2.05) is 0 Å². The number of amides is 1. The highest BCUT2D eigenvalue weighted by Crippen LogP contribution is 2.29. The minimum Gasteiger partial charge on any atom is -0.465 e. The predicted molar refractivity (Wildman–Crippen MR) is 79.7 cm³/mol. The van der Waals surface area contributed by atoms with Crippen molar-refractivity contribution in [3.05, 3.63) is 0 Å². The molecule has 0 aromatic heterocycles. The van der Waals surface area contributed by atoms with Gasteiger partial charge < -0.3 is 15.0 Å². The van der Waals surface area contributed by atoms with E-state index in [9.17, 15) is 9.59 Å². The molecular weight excluding hydrogens is 276 g/mol. The van der Waals surface area contributed by atoms with Gasteiger partial charge in [-0.25, -0.2) is 0 Å². The highest BCUT2D eigenvalue weighted by molar-refractivity contribution is 8.00. The molecule has 1 amide bonds. The molecule has 5 nitrogen and oxygen atoms in total. The summed E-state index contributed by atoms with van der Waals surface area (Å²) in [4.78, 5) is 25.5. The third kappa shape index (κ3) is 5.32. The van der Waals surface area contributed by atoms with Gasteiger partial charge in [0.15, 0.2) is 0 Å². The minimum atomic E-state index is -0.247. The van der Waals surface area contributed by atoms with Gasteiger partial charge in [-0.15, -0.1) is 11.8 Å². The van der Waals surface area contributed by atoms with E-state index in [0.29, 0.717) is 18.4 Å². The number of rotatable bonds is 7. The monoisotopic (exact) mass is 300 g/mol. The molecule has 0 bridgehead atoms. The van der Waals surface area contributed by atoms with Gasteiger partial charge in [0.1, 0.15) is 0 Å². The minimum absolute atomic E-state index is 0.0316. The largest absolute Gasteiger partial charge is 0.465 e. The molecule has 1 aliphatic carbocycles. The Morgan fingerprint density at radius 1 is 1.20 bits per heavy atom. The zero-order valence-corrected chi connectivity index (χ0v) is 12.9. The molecule has 1 N–H and O–H groups in total. The van der Waals surface area contributed by atoms with Gasteiger partial charge in [-0.3, -0.25) is 9.59 Å². The maximum Gasteiger partial charge on any atom is 0.315 e. The fourth-order valence-corrected chi connectivity index (χ4v) is 3.17. The second-order valence-corrected chi connectivity index (χ2v) is 6.39. The lowest BCUT2D eigenvalue weighted by Gasteiger charge is -2.32. The number of thioether (sulfide) groups is 1. The van der Waals surface area contributed by atoms with Gasteiger partial charge in [0, 0.05) is 25.2 Å². The Morgan fingerprint density at radius 2 is 1.90 bits per heavy atom. The maximum atomic E-state index is 11.8. The Balaban J connectivity index is 1.54. The van der Waals surface area contributed by atoms with Crippen molar-refractivity contribution in [1.29, 1.82) is 0 Å². The van der Waals surface area contributed by atoms with Gasteiger partial charge in [-0.1, -0.05) is 0 Å². The first-order valence-electron chi connectivity index (χ1n) is 7.45. The molecule has 1 aliphatic heterocycles. The maximum absolute atomic E-state index is 11.8. The second-order valence-electron chi connectivity index (χ2n) is 5.41. The predicted octanol–water partition coefficient (Wildman–Crippen LogP) is 1.03. The van der Waals surface area contributed by atoms with Crippen molar-refractivity contribution in [1.82, 2.24) is 10.2 Å². The van der Waals surface area contributed by atoms with Crippen LogP contribution in [-0.2, 0) is 14.3 Å². The number of ether oxygens (including phenoxy) is 1. The van der Waals surface area contributed by atoms with Crippen LogP contribution in [0.2, 0.25) is 0 Å². The van der Waals surface area contributed by atoms with Crippen LogP contribution in [0.5, 0.6) is 0 Å². The normalized spacial score (nSPS) is 20.6. The molecule has 2 rings (SSSR count). The van der Waals surface area contributed by atoms with E-state index in [-0.39, 0.29) is 17.6 Å². The lowest BCUT2D eigenvalue weighted by molar-refractivity contribution is -0.139. The summed E-state index contributed by atoms with van der Waals surface area (Å²) in [5.41, 5.74) is 0. The molecule has 114 valence electrons. The quantitative estimate of drug-likeness (QED) is 0.712. The van der Waals surface area contributed by atoms with Crippen LogP contribution in [0.4, 0.5) is 0 Å². The molecule has 2 aliphatic rings. The first kappa shape index (κ1) is 15.6. The summed E-state index contributed by atoms with van der Waals surface area (Å²) in [5.74, 6) is 0.371. The van der Waals surface area contributed by atoms with E-state index in [1.165, 1.54) is 24.6 Å². The smallest absolute Gasteiger partial charge is 0.315 e. The zero-order chi connectivity index (χ0) is 14.4.